The molecule has 0 saturated carbocycles. The maximum Gasteiger partial charge on any atom is 0.216 e. The van der Waals surface area contributed by atoms with E-state index in [1.807, 2.05) is 54.6 Å². The highest BCUT2D eigenvalue weighted by Gasteiger charge is 2.22. The van der Waals surface area contributed by atoms with Crippen molar-refractivity contribution in [1.29, 1.82) is 0 Å². The van der Waals surface area contributed by atoms with Crippen molar-refractivity contribution >= 4 is 46.6 Å². The lowest BCUT2D eigenvalue weighted by atomic mass is 10.2. The third kappa shape index (κ3) is 3.82. The summed E-state index contributed by atoms with van der Waals surface area (Å²) in [6, 6.07) is 17.7. The van der Waals surface area contributed by atoms with Gasteiger partial charge in [-0.2, -0.15) is 0 Å². The monoisotopic (exact) mass is 302 g/mol. The highest BCUT2D eigenvalue weighted by atomic mass is 35.6. The summed E-state index contributed by atoms with van der Waals surface area (Å²) in [5.74, 6) is 0. The second-order valence-electron chi connectivity index (χ2n) is 3.44. The van der Waals surface area contributed by atoms with Crippen LogP contribution in [-0.2, 0) is 3.79 Å². The fourth-order valence-corrected chi connectivity index (χ4v) is 2.61. The first-order valence-electron chi connectivity index (χ1n) is 4.96. The topological polar surface area (TPSA) is 0 Å². The first-order valence-corrected chi connectivity index (χ1v) is 6.91. The van der Waals surface area contributed by atoms with Gasteiger partial charge in [-0.1, -0.05) is 76.9 Å². The lowest BCUT2D eigenvalue weighted by Gasteiger charge is -2.12. The molecule has 0 heterocycles. The second-order valence-corrected chi connectivity index (χ2v) is 6.87. The van der Waals surface area contributed by atoms with Crippen LogP contribution in [0, 0.1) is 0 Å². The molecule has 0 saturated heterocycles. The van der Waals surface area contributed by atoms with Crippen molar-refractivity contribution in [3.63, 3.8) is 0 Å². The largest absolute Gasteiger partial charge is 0.216 e. The van der Waals surface area contributed by atoms with E-state index in [0.717, 1.165) is 9.79 Å². The Bertz CT molecular complexity index is 492. The minimum atomic E-state index is -1.37. The zero-order valence-corrected chi connectivity index (χ0v) is 11.8. The number of alkyl halides is 3. The summed E-state index contributed by atoms with van der Waals surface area (Å²) >= 11 is 19.2. The first kappa shape index (κ1) is 13.1. The maximum atomic E-state index is 5.86. The Balaban J connectivity index is 2.23. The van der Waals surface area contributed by atoms with E-state index in [4.69, 9.17) is 34.8 Å². The summed E-state index contributed by atoms with van der Waals surface area (Å²) in [6.07, 6.45) is 0. The van der Waals surface area contributed by atoms with E-state index in [9.17, 15) is 0 Å². The molecule has 0 bridgehead atoms. The van der Waals surface area contributed by atoms with Crippen LogP contribution in [0.4, 0.5) is 0 Å². The Morgan fingerprint density at radius 3 is 2.06 bits per heavy atom. The van der Waals surface area contributed by atoms with Crippen molar-refractivity contribution < 1.29 is 0 Å². The second kappa shape index (κ2) is 5.53. The molecule has 2 aromatic carbocycles. The van der Waals surface area contributed by atoms with E-state index in [2.05, 4.69) is 0 Å². The normalized spacial score (nSPS) is 11.5. The molecule has 2 aromatic rings. The molecule has 0 aliphatic rings. The van der Waals surface area contributed by atoms with E-state index in [1.54, 1.807) is 11.8 Å². The van der Waals surface area contributed by atoms with Gasteiger partial charge in [-0.25, -0.2) is 0 Å². The molecule has 0 spiro atoms. The average molecular weight is 304 g/mol. The van der Waals surface area contributed by atoms with E-state index in [0.29, 0.717) is 5.56 Å². The maximum absolute atomic E-state index is 5.86. The van der Waals surface area contributed by atoms with Gasteiger partial charge in [0.2, 0.25) is 3.79 Å². The van der Waals surface area contributed by atoms with Crippen LogP contribution in [-0.4, -0.2) is 0 Å². The molecule has 0 fully saturated rings. The molecule has 0 N–H and O–H groups in total. The molecule has 2 rings (SSSR count). The van der Waals surface area contributed by atoms with E-state index in [-0.39, 0.29) is 0 Å². The molecule has 0 radical (unpaired) electrons. The Labute approximate surface area is 120 Å². The summed E-state index contributed by atoms with van der Waals surface area (Å²) in [5, 5.41) is 0. The summed E-state index contributed by atoms with van der Waals surface area (Å²) in [4.78, 5) is 2.22. The molecule has 0 aliphatic carbocycles. The van der Waals surface area contributed by atoms with Crippen LogP contribution in [0.15, 0.2) is 64.4 Å². The van der Waals surface area contributed by atoms with Gasteiger partial charge >= 0.3 is 0 Å². The molecule has 17 heavy (non-hydrogen) atoms. The predicted octanol–water partition coefficient (Wildman–Crippen LogP) is 5.66. The zero-order valence-electron chi connectivity index (χ0n) is 8.74. The van der Waals surface area contributed by atoms with Gasteiger partial charge in [0.15, 0.2) is 0 Å². The molecular formula is C13H9Cl3S. The van der Waals surface area contributed by atoms with E-state index >= 15 is 0 Å². The molecule has 0 nitrogen and oxygen atoms in total. The smallest absolute Gasteiger partial charge is 0.0901 e. The fraction of sp³-hybridized carbons (Fsp3) is 0.0769. The summed E-state index contributed by atoms with van der Waals surface area (Å²) < 4.78 is -1.37. The molecular weight excluding hydrogens is 295 g/mol. The number of hydrogen-bond acceptors (Lipinski definition) is 1. The Kier molecular flexibility index (Phi) is 4.26. The van der Waals surface area contributed by atoms with Gasteiger partial charge in [0, 0.05) is 15.4 Å². The average Bonchev–Trinajstić information content (AvgIpc) is 2.29. The van der Waals surface area contributed by atoms with Crippen LogP contribution in [0.25, 0.3) is 0 Å². The van der Waals surface area contributed by atoms with Gasteiger partial charge in [0.05, 0.1) is 0 Å². The lowest BCUT2D eigenvalue weighted by molar-refractivity contribution is 1.21. The van der Waals surface area contributed by atoms with Crippen LogP contribution in [0.3, 0.4) is 0 Å². The van der Waals surface area contributed by atoms with E-state index in [1.165, 1.54) is 0 Å². The molecule has 88 valence electrons. The molecule has 0 amide bonds. The van der Waals surface area contributed by atoms with Gasteiger partial charge in [0.25, 0.3) is 0 Å². The quantitative estimate of drug-likeness (QED) is 0.645. The predicted molar refractivity (Wildman–Crippen MR) is 76.2 cm³/mol. The van der Waals surface area contributed by atoms with Gasteiger partial charge < -0.3 is 0 Å². The van der Waals surface area contributed by atoms with Gasteiger partial charge in [-0.15, -0.1) is 0 Å². The van der Waals surface area contributed by atoms with Crippen molar-refractivity contribution in [3.05, 3.63) is 60.2 Å². The Morgan fingerprint density at radius 1 is 0.765 bits per heavy atom. The van der Waals surface area contributed by atoms with Crippen LogP contribution in [0.2, 0.25) is 0 Å². The standard InChI is InChI=1S/C13H9Cl3S/c14-13(15,16)10-5-4-8-12(9-10)17-11-6-2-1-3-7-11/h1-9H. The van der Waals surface area contributed by atoms with Gasteiger partial charge in [-0.05, 0) is 24.3 Å². The zero-order chi connectivity index (χ0) is 12.3. The van der Waals surface area contributed by atoms with Crippen LogP contribution in [0.5, 0.6) is 0 Å². The third-order valence-corrected chi connectivity index (χ3v) is 3.79. The van der Waals surface area contributed by atoms with Gasteiger partial charge in [0.1, 0.15) is 0 Å². The van der Waals surface area contributed by atoms with Gasteiger partial charge in [-0.3, -0.25) is 0 Å². The van der Waals surface area contributed by atoms with Crippen LogP contribution in [0.1, 0.15) is 5.56 Å². The van der Waals surface area contributed by atoms with Crippen LogP contribution >= 0.6 is 46.6 Å². The number of halogens is 3. The minimum absolute atomic E-state index is 0.684. The number of benzene rings is 2. The van der Waals surface area contributed by atoms with Crippen LogP contribution < -0.4 is 0 Å². The molecule has 0 aromatic heterocycles. The minimum Gasteiger partial charge on any atom is -0.0901 e. The lowest BCUT2D eigenvalue weighted by Crippen LogP contribution is -1.99. The first-order chi connectivity index (χ1) is 8.05. The van der Waals surface area contributed by atoms with Crippen molar-refractivity contribution in [2.45, 2.75) is 13.6 Å². The summed E-state index contributed by atoms with van der Waals surface area (Å²) in [6.45, 7) is 0. The summed E-state index contributed by atoms with van der Waals surface area (Å²) in [5.41, 5.74) is 0.684. The number of rotatable bonds is 2. The van der Waals surface area contributed by atoms with Crippen molar-refractivity contribution in [2.75, 3.05) is 0 Å². The summed E-state index contributed by atoms with van der Waals surface area (Å²) in [7, 11) is 0. The Morgan fingerprint density at radius 2 is 1.41 bits per heavy atom. The van der Waals surface area contributed by atoms with Crippen molar-refractivity contribution in [1.82, 2.24) is 0 Å². The highest BCUT2D eigenvalue weighted by Crippen LogP contribution is 2.40. The third-order valence-electron chi connectivity index (χ3n) is 2.14. The number of hydrogen-bond donors (Lipinski definition) is 0. The van der Waals surface area contributed by atoms with Crippen molar-refractivity contribution in [3.8, 4) is 0 Å². The fourth-order valence-electron chi connectivity index (χ4n) is 1.36. The Hall–Kier alpha value is -0.340. The SMILES string of the molecule is ClC(Cl)(Cl)c1cccc(Sc2ccccc2)c1. The highest BCUT2D eigenvalue weighted by molar-refractivity contribution is 7.99. The molecule has 4 heteroatoms. The molecule has 0 atom stereocenters. The van der Waals surface area contributed by atoms with E-state index < -0.39 is 3.79 Å². The molecule has 0 aliphatic heterocycles. The molecule has 0 unspecified atom stereocenters. The van der Waals surface area contributed by atoms with Crippen molar-refractivity contribution in [2.24, 2.45) is 0 Å².